The summed E-state index contributed by atoms with van der Waals surface area (Å²) in [7, 11) is 4.84. The van der Waals surface area contributed by atoms with Crippen molar-refractivity contribution in [1.82, 2.24) is 0 Å². The molecule has 65 heavy (non-hydrogen) atoms. The number of aliphatic hydroxyl groups is 4. The van der Waals surface area contributed by atoms with E-state index in [9.17, 15) is 30.0 Å². The summed E-state index contributed by atoms with van der Waals surface area (Å²) in [6, 6.07) is 0. The van der Waals surface area contributed by atoms with Gasteiger partial charge in [-0.15, -0.1) is 0 Å². The summed E-state index contributed by atoms with van der Waals surface area (Å²) < 4.78 is 62.1. The molecule has 0 radical (unpaired) electrons. The topological polar surface area (TPSA) is 207 Å². The zero-order valence-corrected chi connectivity index (χ0v) is 40.7. The molecule has 0 aromatic rings. The number of ether oxygens (including phenoxy) is 10. The molecule has 0 amide bonds. The molecule has 3 saturated heterocycles. The van der Waals surface area contributed by atoms with Crippen molar-refractivity contribution in [3.05, 3.63) is 23.3 Å². The third kappa shape index (κ3) is 8.75. The van der Waals surface area contributed by atoms with Crippen LogP contribution in [0.15, 0.2) is 23.3 Å². The maximum Gasteiger partial charge on any atom is 0.330 e. The lowest BCUT2D eigenvalue weighted by atomic mass is 9.42. The first kappa shape index (κ1) is 51.0. The number of hydrogen-bond donors (Lipinski definition) is 4. The lowest BCUT2D eigenvalue weighted by Gasteiger charge is -2.67. The largest absolute Gasteiger partial charge is 0.458 e. The highest BCUT2D eigenvalue weighted by atomic mass is 16.7. The van der Waals surface area contributed by atoms with Gasteiger partial charge in [-0.1, -0.05) is 38.0 Å². The number of hydrogen-bond acceptors (Lipinski definition) is 16. The lowest BCUT2D eigenvalue weighted by Crippen LogP contribution is -2.78. The van der Waals surface area contributed by atoms with Gasteiger partial charge >= 0.3 is 5.97 Å². The molecule has 4 aliphatic carbocycles. The number of rotatable bonds is 13. The molecule has 16 nitrogen and oxygen atoms in total. The van der Waals surface area contributed by atoms with Crippen LogP contribution in [0.3, 0.4) is 0 Å². The average molecular weight is 923 g/mol. The Bertz CT molecular complexity index is 1790. The van der Waals surface area contributed by atoms with Crippen molar-refractivity contribution in [2.24, 2.45) is 22.7 Å². The average Bonchev–Trinajstić information content (AvgIpc) is 3.48. The van der Waals surface area contributed by atoms with Crippen LogP contribution >= 0.6 is 0 Å². The minimum Gasteiger partial charge on any atom is -0.458 e. The third-order valence-electron chi connectivity index (χ3n) is 17.4. The van der Waals surface area contributed by atoms with Gasteiger partial charge in [0.25, 0.3) is 0 Å². The Labute approximate surface area is 384 Å². The SMILES string of the molecule is CO[C@H]1C[C@@H](O[C@@H]2[C@H](C)O[C@@H](O[C@@H]3[C@H](C)O[C@@H](O[C@H]4CC[C@@]5(C)C(=CC[C@@]6(O)[C@H]5C[C@@H](OC(=O)/C=C(\C)C(C)C)[C@@]5(C)[C@]6(O)CC[C@@]5(O)C(C)=O)C4)C[C@@H]3OC)C[C@@H]2OC)O[C@@H](C)[C@@H]1O. The van der Waals surface area contributed by atoms with E-state index >= 15 is 0 Å². The van der Waals surface area contributed by atoms with E-state index < -0.39 is 113 Å². The number of allylic oxidation sites excluding steroid dienone is 1. The summed E-state index contributed by atoms with van der Waals surface area (Å²) in [4.78, 5) is 26.8. The summed E-state index contributed by atoms with van der Waals surface area (Å²) in [6.45, 7) is 16.4. The van der Waals surface area contributed by atoms with E-state index in [0.29, 0.717) is 38.5 Å². The second-order valence-electron chi connectivity index (χ2n) is 21.0. The highest BCUT2D eigenvalue weighted by Gasteiger charge is 2.81. The summed E-state index contributed by atoms with van der Waals surface area (Å²) in [5, 5.41) is 48.3. The summed E-state index contributed by atoms with van der Waals surface area (Å²) >= 11 is 0. The summed E-state index contributed by atoms with van der Waals surface area (Å²) in [6.07, 6.45) is -0.620. The molecule has 20 atom stereocenters. The maximum absolute atomic E-state index is 13.5. The van der Waals surface area contributed by atoms with Gasteiger partial charge in [-0.2, -0.15) is 0 Å². The Morgan fingerprint density at radius 3 is 1.85 bits per heavy atom. The van der Waals surface area contributed by atoms with Crippen molar-refractivity contribution in [3.8, 4) is 0 Å². The van der Waals surface area contributed by atoms with Crippen LogP contribution in [0.2, 0.25) is 0 Å². The van der Waals surface area contributed by atoms with Gasteiger partial charge in [0, 0.05) is 52.6 Å². The second-order valence-corrected chi connectivity index (χ2v) is 21.0. The molecule has 0 aromatic heterocycles. The number of fused-ring (bicyclic) bond motifs is 5. The van der Waals surface area contributed by atoms with Gasteiger partial charge in [-0.3, -0.25) is 4.79 Å². The predicted molar refractivity (Wildman–Crippen MR) is 234 cm³/mol. The van der Waals surface area contributed by atoms with E-state index in [4.69, 9.17) is 47.4 Å². The number of methoxy groups -OCH3 is 3. The molecule has 370 valence electrons. The third-order valence-corrected chi connectivity index (χ3v) is 17.4. The maximum atomic E-state index is 13.5. The van der Waals surface area contributed by atoms with Crippen LogP contribution < -0.4 is 0 Å². The highest BCUT2D eigenvalue weighted by Crippen LogP contribution is 2.71. The molecular weight excluding hydrogens is 845 g/mol. The number of carbonyl (C=O) groups is 2. The fourth-order valence-electron chi connectivity index (χ4n) is 12.9. The highest BCUT2D eigenvalue weighted by molar-refractivity contribution is 5.87. The first-order valence-electron chi connectivity index (χ1n) is 24.0. The van der Waals surface area contributed by atoms with Crippen LogP contribution in [0, 0.1) is 22.7 Å². The molecule has 0 spiro atoms. The quantitative estimate of drug-likeness (QED) is 0.113. The Balaban J connectivity index is 1.01. The van der Waals surface area contributed by atoms with Gasteiger partial charge in [-0.05, 0) is 97.8 Å². The van der Waals surface area contributed by atoms with Crippen molar-refractivity contribution in [2.75, 3.05) is 21.3 Å². The van der Waals surface area contributed by atoms with Crippen LogP contribution in [0.5, 0.6) is 0 Å². The van der Waals surface area contributed by atoms with E-state index in [0.717, 1.165) is 11.1 Å². The van der Waals surface area contributed by atoms with E-state index in [-0.39, 0.29) is 49.9 Å². The van der Waals surface area contributed by atoms with E-state index in [1.54, 1.807) is 35.2 Å². The molecule has 16 heteroatoms. The molecule has 3 saturated carbocycles. The van der Waals surface area contributed by atoms with Crippen LogP contribution in [0.25, 0.3) is 0 Å². The molecule has 0 bridgehead atoms. The van der Waals surface area contributed by atoms with Crippen molar-refractivity contribution < 1.29 is 77.4 Å². The molecule has 7 rings (SSSR count). The number of Topliss-reactive ketones (excluding diaryl/α,β-unsaturated/α-hetero) is 1. The minimum absolute atomic E-state index is 0.0276. The zero-order valence-electron chi connectivity index (χ0n) is 40.7. The molecule has 0 aromatic carbocycles. The van der Waals surface area contributed by atoms with Gasteiger partial charge in [0.2, 0.25) is 0 Å². The predicted octanol–water partition coefficient (Wildman–Crippen LogP) is 4.59. The minimum atomic E-state index is -2.02. The summed E-state index contributed by atoms with van der Waals surface area (Å²) in [5.41, 5.74) is -6.04. The van der Waals surface area contributed by atoms with Crippen LogP contribution in [-0.4, -0.2) is 156 Å². The standard InChI is InChI=1S/C49H78O16/c1-25(2)26(3)19-38(51)63-37-24-36-45(8)15-14-32(20-31(45)13-16-48(36,54)49(55)18-17-47(53,30(7)50)46(37,49)9)62-39-22-34(57-11)43(28(5)60-39)65-41-23-35(58-12)44(29(6)61-41)64-40-21-33(56-10)42(52)27(4)59-40/h13,19,25,27-29,32-37,39-44,52-55H,14-18,20-24H2,1-12H3/b26-19+/t27-,28-,29-,32-,33-,34-,35-,36-,37+,39-,40+,41-,42-,43+,44+,45-,46+,47+,48+,49+/m0/s1. The van der Waals surface area contributed by atoms with Gasteiger partial charge in [-0.25, -0.2) is 4.79 Å². The van der Waals surface area contributed by atoms with Gasteiger partial charge < -0.3 is 67.8 Å². The van der Waals surface area contributed by atoms with Crippen LogP contribution in [0.1, 0.15) is 127 Å². The van der Waals surface area contributed by atoms with Crippen molar-refractivity contribution in [3.63, 3.8) is 0 Å². The normalized spacial score (nSPS) is 49.1. The first-order valence-corrected chi connectivity index (χ1v) is 24.0. The van der Waals surface area contributed by atoms with Gasteiger partial charge in [0.1, 0.15) is 41.2 Å². The molecule has 6 fully saturated rings. The van der Waals surface area contributed by atoms with E-state index in [2.05, 4.69) is 6.92 Å². The Morgan fingerprint density at radius 1 is 0.769 bits per heavy atom. The fourth-order valence-corrected chi connectivity index (χ4v) is 12.9. The molecule has 3 aliphatic heterocycles. The molecule has 0 unspecified atom stereocenters. The monoisotopic (exact) mass is 923 g/mol. The number of ketones is 1. The first-order chi connectivity index (χ1) is 30.5. The Morgan fingerprint density at radius 2 is 1.31 bits per heavy atom. The molecular formula is C49H78O16. The van der Waals surface area contributed by atoms with Crippen molar-refractivity contribution >= 4 is 11.8 Å². The molecule has 7 aliphatic rings. The Hall–Kier alpha value is -1.90. The number of esters is 1. The zero-order chi connectivity index (χ0) is 47.6. The number of aliphatic hydroxyl groups excluding tert-OH is 1. The van der Waals surface area contributed by atoms with Gasteiger partial charge in [0.15, 0.2) is 24.7 Å². The number of carbonyl (C=O) groups excluding carboxylic acids is 2. The molecule has 3 heterocycles. The summed E-state index contributed by atoms with van der Waals surface area (Å²) in [5.74, 6) is -1.59. The van der Waals surface area contributed by atoms with Crippen LogP contribution in [0.4, 0.5) is 0 Å². The lowest BCUT2D eigenvalue weighted by molar-refractivity contribution is -0.338. The van der Waals surface area contributed by atoms with Crippen molar-refractivity contribution in [2.45, 2.75) is 229 Å². The smallest absolute Gasteiger partial charge is 0.330 e. The van der Waals surface area contributed by atoms with Gasteiger partial charge in [0.05, 0.1) is 48.1 Å². The van der Waals surface area contributed by atoms with E-state index in [1.807, 2.05) is 40.7 Å². The molecule has 4 N–H and O–H groups in total. The fraction of sp³-hybridized carbons (Fsp3) is 0.878. The Kier molecular flexibility index (Phi) is 15.0. The van der Waals surface area contributed by atoms with Crippen LogP contribution in [-0.2, 0) is 57.0 Å². The van der Waals surface area contributed by atoms with E-state index in [1.165, 1.54) is 13.0 Å². The second kappa shape index (κ2) is 19.1. The van der Waals surface area contributed by atoms with Crippen molar-refractivity contribution in [1.29, 1.82) is 0 Å².